The van der Waals surface area contributed by atoms with Crippen LogP contribution in [0.3, 0.4) is 0 Å². The molecule has 1 rings (SSSR count). The lowest BCUT2D eigenvalue weighted by Crippen LogP contribution is -2.48. The summed E-state index contributed by atoms with van der Waals surface area (Å²) in [5.74, 6) is -0.585. The molecular weight excluding hydrogens is 378 g/mol. The van der Waals surface area contributed by atoms with E-state index in [0.29, 0.717) is 11.3 Å². The number of alkyl carbamates (subject to hydrolysis) is 1. The summed E-state index contributed by atoms with van der Waals surface area (Å²) in [6.45, 7) is 10.3. The Morgan fingerprint density at radius 2 is 1.45 bits per heavy atom. The topological polar surface area (TPSA) is 107 Å². The summed E-state index contributed by atoms with van der Waals surface area (Å²) in [7, 11) is 2.69. The van der Waals surface area contributed by atoms with Gasteiger partial charge in [0.15, 0.2) is 0 Å². The molecule has 0 saturated heterocycles. The summed E-state index contributed by atoms with van der Waals surface area (Å²) < 4.78 is 15.2. The van der Waals surface area contributed by atoms with Gasteiger partial charge in [0.25, 0.3) is 0 Å². The third-order valence-corrected chi connectivity index (χ3v) is 3.12. The van der Waals surface area contributed by atoms with Gasteiger partial charge >= 0.3 is 18.2 Å². The quantitative estimate of drug-likeness (QED) is 0.345. The third kappa shape index (κ3) is 8.63. The Morgan fingerprint density at radius 1 is 0.931 bits per heavy atom. The van der Waals surface area contributed by atoms with Crippen molar-refractivity contribution < 1.29 is 28.6 Å². The summed E-state index contributed by atoms with van der Waals surface area (Å²) in [5, 5.41) is 2.46. The van der Waals surface area contributed by atoms with E-state index in [1.165, 1.54) is 26.3 Å². The largest absolute Gasteiger partial charge is 0.465 e. The van der Waals surface area contributed by atoms with Gasteiger partial charge in [-0.3, -0.25) is 10.2 Å². The minimum Gasteiger partial charge on any atom is -0.465 e. The van der Waals surface area contributed by atoms with Crippen molar-refractivity contribution in [2.24, 2.45) is 4.99 Å². The molecule has 0 fully saturated rings. The van der Waals surface area contributed by atoms with Crippen molar-refractivity contribution in [3.63, 3.8) is 0 Å². The maximum Gasteiger partial charge on any atom is 0.416 e. The average Bonchev–Trinajstić information content (AvgIpc) is 2.57. The first-order valence-electron chi connectivity index (χ1n) is 8.95. The number of aliphatic imine (C=N–C) groups is 1. The molecule has 0 radical (unpaired) electrons. The van der Waals surface area contributed by atoms with Crippen molar-refractivity contribution >= 4 is 29.8 Å². The average molecular weight is 407 g/mol. The molecule has 9 heteroatoms. The minimum absolute atomic E-state index is 0.0979. The molecule has 1 N–H and O–H groups in total. The molecule has 29 heavy (non-hydrogen) atoms. The Morgan fingerprint density at radius 3 is 1.90 bits per heavy atom. The highest BCUT2D eigenvalue weighted by atomic mass is 16.6. The molecule has 9 nitrogen and oxygen atoms in total. The summed E-state index contributed by atoms with van der Waals surface area (Å²) >= 11 is 0. The maximum atomic E-state index is 12.4. The van der Waals surface area contributed by atoms with E-state index in [9.17, 15) is 14.4 Å². The van der Waals surface area contributed by atoms with E-state index in [0.717, 1.165) is 4.90 Å². The van der Waals surface area contributed by atoms with Gasteiger partial charge in [0.2, 0.25) is 5.96 Å². The van der Waals surface area contributed by atoms with Gasteiger partial charge in [0.05, 0.1) is 18.4 Å². The molecule has 0 bridgehead atoms. The molecule has 0 saturated carbocycles. The predicted octanol–water partition coefficient (Wildman–Crippen LogP) is 3.85. The summed E-state index contributed by atoms with van der Waals surface area (Å²) in [4.78, 5) is 41.5. The molecule has 0 atom stereocenters. The van der Waals surface area contributed by atoms with E-state index in [1.54, 1.807) is 53.7 Å². The number of nitrogens with one attached hydrogen (secondary N) is 1. The molecule has 2 amide bonds. The Bertz CT molecular complexity index is 773. The van der Waals surface area contributed by atoms with Gasteiger partial charge < -0.3 is 14.2 Å². The van der Waals surface area contributed by atoms with Crippen molar-refractivity contribution in [1.29, 1.82) is 0 Å². The number of ether oxygens (including phenoxy) is 3. The number of amides is 2. The zero-order chi connectivity index (χ0) is 22.4. The highest BCUT2D eigenvalue weighted by Gasteiger charge is 2.26. The number of guanidine groups is 1. The van der Waals surface area contributed by atoms with Crippen LogP contribution in [0, 0.1) is 0 Å². The van der Waals surface area contributed by atoms with Crippen molar-refractivity contribution in [3.05, 3.63) is 29.8 Å². The lowest BCUT2D eigenvalue weighted by molar-refractivity contribution is 0.0391. The smallest absolute Gasteiger partial charge is 0.416 e. The minimum atomic E-state index is -0.780. The molecule has 0 heterocycles. The van der Waals surface area contributed by atoms with Crippen LogP contribution in [0.15, 0.2) is 29.3 Å². The molecular formula is C20H29N3O6. The van der Waals surface area contributed by atoms with Crippen LogP contribution in [-0.2, 0) is 14.2 Å². The van der Waals surface area contributed by atoms with Gasteiger partial charge in [-0.1, -0.05) is 0 Å². The molecule has 0 spiro atoms. The first-order valence-corrected chi connectivity index (χ1v) is 8.95. The Kier molecular flexibility index (Phi) is 7.76. The molecule has 0 aliphatic carbocycles. The van der Waals surface area contributed by atoms with Gasteiger partial charge in [-0.05, 0) is 65.8 Å². The van der Waals surface area contributed by atoms with Crippen LogP contribution in [-0.4, -0.2) is 54.4 Å². The molecule has 1 aromatic rings. The van der Waals surface area contributed by atoms with Crippen LogP contribution in [0.5, 0.6) is 0 Å². The fourth-order valence-corrected chi connectivity index (χ4v) is 1.91. The number of methoxy groups -OCH3 is 1. The van der Waals surface area contributed by atoms with E-state index < -0.39 is 29.4 Å². The second kappa shape index (κ2) is 9.40. The van der Waals surface area contributed by atoms with Crippen LogP contribution < -0.4 is 5.32 Å². The fraction of sp³-hybridized carbons (Fsp3) is 0.500. The predicted molar refractivity (Wildman–Crippen MR) is 108 cm³/mol. The van der Waals surface area contributed by atoms with Gasteiger partial charge in [-0.15, -0.1) is 0 Å². The van der Waals surface area contributed by atoms with Crippen LogP contribution in [0.2, 0.25) is 0 Å². The van der Waals surface area contributed by atoms with Gasteiger partial charge in [-0.2, -0.15) is 0 Å². The molecule has 0 aliphatic rings. The van der Waals surface area contributed by atoms with Gasteiger partial charge in [-0.25, -0.2) is 19.4 Å². The number of carbonyl (C=O) groups is 3. The second-order valence-electron chi connectivity index (χ2n) is 8.14. The highest BCUT2D eigenvalue weighted by molar-refractivity contribution is 6.02. The van der Waals surface area contributed by atoms with Crippen LogP contribution in [0.1, 0.15) is 51.9 Å². The lowest BCUT2D eigenvalue weighted by atomic mass is 10.2. The zero-order valence-electron chi connectivity index (χ0n) is 18.2. The van der Waals surface area contributed by atoms with E-state index in [-0.39, 0.29) is 5.96 Å². The highest BCUT2D eigenvalue weighted by Crippen LogP contribution is 2.16. The SMILES string of the molecule is COC(=O)c1ccc(N=C(NC(=O)OC(C)(C)C)N(C)C(=O)OC(C)(C)C)cc1. The van der Waals surface area contributed by atoms with E-state index >= 15 is 0 Å². The number of hydrogen-bond donors (Lipinski definition) is 1. The Balaban J connectivity index is 3.17. The van der Waals surface area contributed by atoms with Gasteiger partial charge in [0, 0.05) is 7.05 Å². The third-order valence-electron chi connectivity index (χ3n) is 3.12. The van der Waals surface area contributed by atoms with Crippen molar-refractivity contribution in [2.75, 3.05) is 14.2 Å². The number of nitrogens with zero attached hydrogens (tertiary/aromatic N) is 2. The van der Waals surface area contributed by atoms with Crippen molar-refractivity contribution in [1.82, 2.24) is 10.2 Å². The maximum absolute atomic E-state index is 12.4. The second-order valence-corrected chi connectivity index (χ2v) is 8.14. The molecule has 0 aliphatic heterocycles. The number of rotatable bonds is 2. The van der Waals surface area contributed by atoms with Crippen molar-refractivity contribution in [2.45, 2.75) is 52.7 Å². The fourth-order valence-electron chi connectivity index (χ4n) is 1.91. The number of hydrogen-bond acceptors (Lipinski definition) is 7. The summed E-state index contributed by atoms with van der Waals surface area (Å²) in [6, 6.07) is 6.13. The first kappa shape index (κ1) is 23.9. The standard InChI is InChI=1S/C20H29N3O6/c1-19(2,3)28-17(25)22-16(23(7)18(26)29-20(4,5)6)21-14-11-9-13(10-12-14)15(24)27-8/h9-12H,1-8H3,(H,21,22,25). The first-order chi connectivity index (χ1) is 13.2. The normalized spacial score (nSPS) is 12.1. The lowest BCUT2D eigenvalue weighted by Gasteiger charge is -2.26. The monoisotopic (exact) mass is 407 g/mol. The zero-order valence-corrected chi connectivity index (χ0v) is 18.2. The Hall–Kier alpha value is -3.10. The number of esters is 1. The van der Waals surface area contributed by atoms with E-state index in [1.807, 2.05) is 0 Å². The number of carbonyl (C=O) groups excluding carboxylic acids is 3. The summed E-state index contributed by atoms with van der Waals surface area (Å²) in [6.07, 6.45) is -1.49. The van der Waals surface area contributed by atoms with Gasteiger partial charge in [0.1, 0.15) is 11.2 Å². The van der Waals surface area contributed by atoms with Crippen LogP contribution >= 0.6 is 0 Å². The van der Waals surface area contributed by atoms with Crippen molar-refractivity contribution in [3.8, 4) is 0 Å². The molecule has 1 aromatic carbocycles. The van der Waals surface area contributed by atoms with E-state index in [2.05, 4.69) is 15.0 Å². The van der Waals surface area contributed by atoms with E-state index in [4.69, 9.17) is 9.47 Å². The summed E-state index contributed by atoms with van der Waals surface area (Å²) in [5.41, 5.74) is -0.737. The van der Waals surface area contributed by atoms with Crippen LogP contribution in [0.4, 0.5) is 15.3 Å². The molecule has 160 valence electrons. The Labute approximate surface area is 171 Å². The van der Waals surface area contributed by atoms with Crippen LogP contribution in [0.25, 0.3) is 0 Å². The molecule has 0 unspecified atom stereocenters. The number of benzene rings is 1. The molecule has 0 aromatic heterocycles.